The Morgan fingerprint density at radius 3 is 2.63 bits per heavy atom. The summed E-state index contributed by atoms with van der Waals surface area (Å²) < 4.78 is 0.919. The standard InChI is InChI=1S/C13H19BrN2O2S/c1-3-5-15-12(17)8-16(6-4-2)13(18)10-7-11(14)19-9-10/h7,9H,3-6,8H2,1-2H3,(H,15,17). The van der Waals surface area contributed by atoms with Crippen molar-refractivity contribution in [3.8, 4) is 0 Å². The molecular weight excluding hydrogens is 328 g/mol. The van der Waals surface area contributed by atoms with E-state index in [1.807, 2.05) is 13.8 Å². The molecule has 0 fully saturated rings. The van der Waals surface area contributed by atoms with Gasteiger partial charge in [-0.2, -0.15) is 0 Å². The Balaban J connectivity index is 2.66. The minimum atomic E-state index is -0.0991. The van der Waals surface area contributed by atoms with Gasteiger partial charge in [0.15, 0.2) is 0 Å². The van der Waals surface area contributed by atoms with Crippen LogP contribution in [0.4, 0.5) is 0 Å². The number of amides is 2. The topological polar surface area (TPSA) is 49.4 Å². The fraction of sp³-hybridized carbons (Fsp3) is 0.538. The Kier molecular flexibility index (Phi) is 7.09. The third-order valence-electron chi connectivity index (χ3n) is 2.50. The van der Waals surface area contributed by atoms with Crippen molar-refractivity contribution in [3.05, 3.63) is 20.8 Å². The van der Waals surface area contributed by atoms with Gasteiger partial charge in [-0.25, -0.2) is 0 Å². The maximum Gasteiger partial charge on any atom is 0.255 e. The van der Waals surface area contributed by atoms with Crippen LogP contribution in [0, 0.1) is 0 Å². The van der Waals surface area contributed by atoms with Gasteiger partial charge in [0.2, 0.25) is 5.91 Å². The number of hydrogen-bond donors (Lipinski definition) is 1. The van der Waals surface area contributed by atoms with Gasteiger partial charge in [-0.1, -0.05) is 13.8 Å². The fourth-order valence-electron chi connectivity index (χ4n) is 1.62. The summed E-state index contributed by atoms with van der Waals surface area (Å²) in [5, 5.41) is 4.60. The molecule has 1 aromatic rings. The predicted octanol–water partition coefficient (Wildman–Crippen LogP) is 2.89. The molecule has 0 atom stereocenters. The zero-order chi connectivity index (χ0) is 14.3. The predicted molar refractivity (Wildman–Crippen MR) is 81.5 cm³/mol. The summed E-state index contributed by atoms with van der Waals surface area (Å²) in [7, 11) is 0. The Morgan fingerprint density at radius 1 is 1.37 bits per heavy atom. The lowest BCUT2D eigenvalue weighted by Crippen LogP contribution is -2.41. The molecule has 0 aliphatic carbocycles. The largest absolute Gasteiger partial charge is 0.355 e. The molecule has 0 radical (unpaired) electrons. The van der Waals surface area contributed by atoms with E-state index in [1.165, 1.54) is 11.3 Å². The normalized spacial score (nSPS) is 10.3. The highest BCUT2D eigenvalue weighted by Crippen LogP contribution is 2.21. The van der Waals surface area contributed by atoms with Crippen LogP contribution in [0.1, 0.15) is 37.0 Å². The molecule has 1 N–H and O–H groups in total. The van der Waals surface area contributed by atoms with Gasteiger partial charge in [0.25, 0.3) is 5.91 Å². The molecule has 1 rings (SSSR count). The summed E-state index contributed by atoms with van der Waals surface area (Å²) in [4.78, 5) is 25.6. The number of halogens is 1. The van der Waals surface area contributed by atoms with Crippen LogP contribution >= 0.6 is 27.3 Å². The second kappa shape index (κ2) is 8.32. The van der Waals surface area contributed by atoms with Crippen LogP contribution in [0.25, 0.3) is 0 Å². The number of carbonyl (C=O) groups is 2. The van der Waals surface area contributed by atoms with Gasteiger partial charge in [-0.15, -0.1) is 11.3 Å². The van der Waals surface area contributed by atoms with Gasteiger partial charge in [0, 0.05) is 18.5 Å². The van der Waals surface area contributed by atoms with Crippen molar-refractivity contribution < 1.29 is 9.59 Å². The molecule has 0 bridgehead atoms. The molecule has 0 spiro atoms. The molecule has 106 valence electrons. The Labute approximate surface area is 126 Å². The molecule has 0 aromatic carbocycles. The Bertz CT molecular complexity index is 434. The lowest BCUT2D eigenvalue weighted by Gasteiger charge is -2.21. The van der Waals surface area contributed by atoms with Crippen molar-refractivity contribution in [1.29, 1.82) is 0 Å². The van der Waals surface area contributed by atoms with Crippen molar-refractivity contribution in [2.45, 2.75) is 26.7 Å². The van der Waals surface area contributed by atoms with E-state index in [0.29, 0.717) is 18.7 Å². The molecule has 0 aliphatic rings. The van der Waals surface area contributed by atoms with Crippen LogP contribution in [0.5, 0.6) is 0 Å². The van der Waals surface area contributed by atoms with Crippen LogP contribution in [-0.4, -0.2) is 36.3 Å². The van der Waals surface area contributed by atoms with E-state index in [2.05, 4.69) is 21.2 Å². The fourth-order valence-corrected chi connectivity index (χ4v) is 2.75. The molecule has 4 nitrogen and oxygen atoms in total. The van der Waals surface area contributed by atoms with Gasteiger partial charge >= 0.3 is 0 Å². The lowest BCUT2D eigenvalue weighted by atomic mass is 10.2. The monoisotopic (exact) mass is 346 g/mol. The van der Waals surface area contributed by atoms with Crippen LogP contribution in [0.3, 0.4) is 0 Å². The molecule has 1 aromatic heterocycles. The van der Waals surface area contributed by atoms with Crippen molar-refractivity contribution in [2.24, 2.45) is 0 Å². The molecule has 0 unspecified atom stereocenters. The average Bonchev–Trinajstić information content (AvgIpc) is 2.81. The molecule has 0 saturated heterocycles. The molecule has 0 aliphatic heterocycles. The third kappa shape index (κ3) is 5.32. The minimum absolute atomic E-state index is 0.0875. The van der Waals surface area contributed by atoms with E-state index in [-0.39, 0.29) is 18.4 Å². The van der Waals surface area contributed by atoms with Crippen molar-refractivity contribution in [2.75, 3.05) is 19.6 Å². The SMILES string of the molecule is CCCNC(=O)CN(CCC)C(=O)c1csc(Br)c1. The van der Waals surface area contributed by atoms with Crippen LogP contribution < -0.4 is 5.32 Å². The quantitative estimate of drug-likeness (QED) is 0.825. The first kappa shape index (κ1) is 16.2. The first-order valence-electron chi connectivity index (χ1n) is 6.38. The number of nitrogens with zero attached hydrogens (tertiary/aromatic N) is 1. The Hall–Kier alpha value is -0.880. The van der Waals surface area contributed by atoms with E-state index in [1.54, 1.807) is 16.3 Å². The van der Waals surface area contributed by atoms with Gasteiger partial charge in [0.05, 0.1) is 15.9 Å². The second-order valence-corrected chi connectivity index (χ2v) is 6.51. The Morgan fingerprint density at radius 2 is 2.11 bits per heavy atom. The zero-order valence-corrected chi connectivity index (χ0v) is 13.6. The summed E-state index contributed by atoms with van der Waals surface area (Å²) in [5.41, 5.74) is 0.633. The first-order valence-corrected chi connectivity index (χ1v) is 8.05. The van der Waals surface area contributed by atoms with Crippen LogP contribution in [0.15, 0.2) is 15.2 Å². The number of rotatable bonds is 7. The van der Waals surface area contributed by atoms with E-state index in [0.717, 1.165) is 16.6 Å². The lowest BCUT2D eigenvalue weighted by molar-refractivity contribution is -0.121. The number of carbonyl (C=O) groups excluding carboxylic acids is 2. The zero-order valence-electron chi connectivity index (χ0n) is 11.2. The summed E-state index contributed by atoms with van der Waals surface area (Å²) in [6.45, 7) is 5.36. The maximum absolute atomic E-state index is 12.3. The number of nitrogens with one attached hydrogen (secondary N) is 1. The molecule has 0 saturated carbocycles. The molecular formula is C13H19BrN2O2S. The number of hydrogen-bond acceptors (Lipinski definition) is 3. The summed E-state index contributed by atoms with van der Waals surface area (Å²) in [5.74, 6) is -0.187. The van der Waals surface area contributed by atoms with E-state index >= 15 is 0 Å². The first-order chi connectivity index (χ1) is 9.08. The number of thiophene rings is 1. The third-order valence-corrected chi connectivity index (χ3v) is 4.01. The highest BCUT2D eigenvalue weighted by molar-refractivity contribution is 9.11. The van der Waals surface area contributed by atoms with Crippen LogP contribution in [-0.2, 0) is 4.79 Å². The molecule has 1 heterocycles. The van der Waals surface area contributed by atoms with E-state index < -0.39 is 0 Å². The minimum Gasteiger partial charge on any atom is -0.355 e. The molecule has 2 amide bonds. The summed E-state index contributed by atoms with van der Waals surface area (Å²) in [6.07, 6.45) is 1.73. The van der Waals surface area contributed by atoms with Gasteiger partial charge in [-0.05, 0) is 34.8 Å². The second-order valence-electron chi connectivity index (χ2n) is 4.22. The summed E-state index contributed by atoms with van der Waals surface area (Å²) >= 11 is 4.81. The highest BCUT2D eigenvalue weighted by atomic mass is 79.9. The maximum atomic E-state index is 12.3. The van der Waals surface area contributed by atoms with Gasteiger partial charge < -0.3 is 10.2 Å². The van der Waals surface area contributed by atoms with Crippen molar-refractivity contribution in [3.63, 3.8) is 0 Å². The van der Waals surface area contributed by atoms with Gasteiger partial charge in [-0.3, -0.25) is 9.59 Å². The highest BCUT2D eigenvalue weighted by Gasteiger charge is 2.18. The molecule has 19 heavy (non-hydrogen) atoms. The van der Waals surface area contributed by atoms with Crippen molar-refractivity contribution >= 4 is 39.1 Å². The van der Waals surface area contributed by atoms with E-state index in [9.17, 15) is 9.59 Å². The van der Waals surface area contributed by atoms with Crippen LogP contribution in [0.2, 0.25) is 0 Å². The average molecular weight is 347 g/mol. The van der Waals surface area contributed by atoms with Crippen molar-refractivity contribution in [1.82, 2.24) is 10.2 Å². The molecule has 6 heteroatoms. The summed E-state index contributed by atoms with van der Waals surface area (Å²) in [6, 6.07) is 1.79. The smallest absolute Gasteiger partial charge is 0.255 e. The van der Waals surface area contributed by atoms with E-state index in [4.69, 9.17) is 0 Å². The van der Waals surface area contributed by atoms with Gasteiger partial charge in [0.1, 0.15) is 0 Å².